The summed E-state index contributed by atoms with van der Waals surface area (Å²) in [6.07, 6.45) is 0. The van der Waals surface area contributed by atoms with Crippen molar-refractivity contribution in [1.82, 2.24) is 0 Å². The summed E-state index contributed by atoms with van der Waals surface area (Å²) in [5.74, 6) is -1.33. The van der Waals surface area contributed by atoms with E-state index < -0.39 is 11.5 Å². The van der Waals surface area contributed by atoms with Gasteiger partial charge in [0, 0.05) is 21.2 Å². The van der Waals surface area contributed by atoms with Crippen LogP contribution in [0.1, 0.15) is 27.0 Å². The number of carbonyl (C=O) groups excluding carboxylic acids is 1. The fourth-order valence-electron chi connectivity index (χ4n) is 3.63. The van der Waals surface area contributed by atoms with E-state index in [-0.39, 0.29) is 18.0 Å². The molecule has 1 heterocycles. The predicted molar refractivity (Wildman–Crippen MR) is 112 cm³/mol. The first-order chi connectivity index (χ1) is 13.8. The molecule has 7 heteroatoms. The Morgan fingerprint density at radius 3 is 2.34 bits per heavy atom. The van der Waals surface area contributed by atoms with Gasteiger partial charge in [0.25, 0.3) is 5.91 Å². The van der Waals surface area contributed by atoms with Gasteiger partial charge >= 0.3 is 5.97 Å². The molecule has 1 aliphatic heterocycles. The van der Waals surface area contributed by atoms with Crippen LogP contribution < -0.4 is 10.6 Å². The first kappa shape index (κ1) is 19.5. The molecular weight excluding hydrogens is 411 g/mol. The second kappa shape index (κ2) is 7.19. The number of hydrogen-bond donors (Lipinski definition) is 2. The molecule has 3 aromatic rings. The molecule has 1 unspecified atom stereocenters. The number of nitrogens with two attached hydrogens (primary N) is 1. The lowest BCUT2D eigenvalue weighted by Gasteiger charge is -2.26. The number of benzene rings is 3. The van der Waals surface area contributed by atoms with E-state index in [1.54, 1.807) is 59.5 Å². The lowest BCUT2D eigenvalue weighted by molar-refractivity contribution is -0.121. The van der Waals surface area contributed by atoms with Crippen molar-refractivity contribution in [2.75, 3.05) is 4.90 Å². The second-order valence-corrected chi connectivity index (χ2v) is 7.69. The number of halogens is 2. The molecule has 0 saturated carbocycles. The lowest BCUT2D eigenvalue weighted by Crippen LogP contribution is -2.48. The summed E-state index contributed by atoms with van der Waals surface area (Å²) in [5, 5.41) is 9.93. The van der Waals surface area contributed by atoms with Crippen LogP contribution in [0.15, 0.2) is 66.7 Å². The Hall–Kier alpha value is -2.86. The van der Waals surface area contributed by atoms with Crippen molar-refractivity contribution < 1.29 is 14.7 Å². The maximum absolute atomic E-state index is 13.5. The third-order valence-corrected chi connectivity index (χ3v) is 5.66. The smallest absolute Gasteiger partial charge is 0.335 e. The Kier molecular flexibility index (Phi) is 4.82. The summed E-state index contributed by atoms with van der Waals surface area (Å²) in [4.78, 5) is 26.2. The highest BCUT2D eigenvalue weighted by Crippen LogP contribution is 2.46. The van der Waals surface area contributed by atoms with Crippen LogP contribution in [0.5, 0.6) is 0 Å². The van der Waals surface area contributed by atoms with Crippen LogP contribution in [0.3, 0.4) is 0 Å². The van der Waals surface area contributed by atoms with Gasteiger partial charge in [-0.3, -0.25) is 4.79 Å². The maximum Gasteiger partial charge on any atom is 0.335 e. The Morgan fingerprint density at radius 2 is 1.69 bits per heavy atom. The number of carboxylic acid groups (broad SMARTS) is 1. The van der Waals surface area contributed by atoms with Crippen molar-refractivity contribution in [2.24, 2.45) is 5.73 Å². The Morgan fingerprint density at radius 1 is 1.00 bits per heavy atom. The standard InChI is InChI=1S/C22H16Cl2N2O3/c23-15-9-10-19-17(11-15)22(25,16-3-1-2-4-18(16)24)21(29)26(19)12-13-5-7-14(8-6-13)20(27)28/h1-11H,12,25H2,(H,27,28). The number of fused-ring (bicyclic) bond motifs is 1. The van der Waals surface area contributed by atoms with E-state index in [0.29, 0.717) is 26.9 Å². The highest BCUT2D eigenvalue weighted by atomic mass is 35.5. The van der Waals surface area contributed by atoms with Crippen LogP contribution in [0.25, 0.3) is 0 Å². The van der Waals surface area contributed by atoms with Gasteiger partial charge in [-0.2, -0.15) is 0 Å². The molecule has 0 aromatic heterocycles. The summed E-state index contributed by atoms with van der Waals surface area (Å²) in [6, 6.07) is 18.5. The molecule has 146 valence electrons. The molecule has 1 atom stereocenters. The van der Waals surface area contributed by atoms with Gasteiger partial charge in [-0.25, -0.2) is 4.79 Å². The lowest BCUT2D eigenvalue weighted by atomic mass is 9.85. The number of nitrogens with zero attached hydrogens (tertiary/aromatic N) is 1. The highest BCUT2D eigenvalue weighted by Gasteiger charge is 2.50. The van der Waals surface area contributed by atoms with Crippen molar-refractivity contribution in [3.63, 3.8) is 0 Å². The van der Waals surface area contributed by atoms with Crippen LogP contribution in [0.4, 0.5) is 5.69 Å². The fraction of sp³-hybridized carbons (Fsp3) is 0.0909. The van der Waals surface area contributed by atoms with Gasteiger partial charge in [0.2, 0.25) is 0 Å². The molecule has 4 rings (SSSR count). The third kappa shape index (κ3) is 3.17. The molecule has 3 aromatic carbocycles. The zero-order chi connectivity index (χ0) is 20.8. The predicted octanol–water partition coefficient (Wildman–Crippen LogP) is 4.44. The average Bonchev–Trinajstić information content (AvgIpc) is 2.91. The van der Waals surface area contributed by atoms with Gasteiger partial charge in [0.1, 0.15) is 0 Å². The summed E-state index contributed by atoms with van der Waals surface area (Å²) < 4.78 is 0. The molecule has 1 amide bonds. The molecule has 29 heavy (non-hydrogen) atoms. The number of carbonyl (C=O) groups is 2. The topological polar surface area (TPSA) is 83.6 Å². The second-order valence-electron chi connectivity index (χ2n) is 6.84. The minimum Gasteiger partial charge on any atom is -0.478 e. The van der Waals surface area contributed by atoms with Crippen molar-refractivity contribution in [1.29, 1.82) is 0 Å². The summed E-state index contributed by atoms with van der Waals surface area (Å²) in [6.45, 7) is 0.233. The van der Waals surface area contributed by atoms with Crippen molar-refractivity contribution in [3.8, 4) is 0 Å². The molecule has 0 fully saturated rings. The maximum atomic E-state index is 13.5. The minimum absolute atomic E-state index is 0.179. The monoisotopic (exact) mass is 426 g/mol. The van der Waals surface area contributed by atoms with Crippen LogP contribution in [-0.4, -0.2) is 17.0 Å². The van der Waals surface area contributed by atoms with Crippen LogP contribution >= 0.6 is 23.2 Å². The molecule has 0 spiro atoms. The zero-order valence-electron chi connectivity index (χ0n) is 15.1. The van der Waals surface area contributed by atoms with E-state index in [1.807, 2.05) is 0 Å². The van der Waals surface area contributed by atoms with Crippen LogP contribution in [-0.2, 0) is 16.9 Å². The van der Waals surface area contributed by atoms with Crippen molar-refractivity contribution in [2.45, 2.75) is 12.1 Å². The molecule has 3 N–H and O–H groups in total. The largest absolute Gasteiger partial charge is 0.478 e. The molecule has 5 nitrogen and oxygen atoms in total. The van der Waals surface area contributed by atoms with Gasteiger partial charge in [0.15, 0.2) is 5.54 Å². The number of aromatic carboxylic acids is 1. The fourth-order valence-corrected chi connectivity index (χ4v) is 4.09. The molecule has 0 bridgehead atoms. The van der Waals surface area contributed by atoms with E-state index in [0.717, 1.165) is 5.56 Å². The van der Waals surface area contributed by atoms with E-state index in [9.17, 15) is 9.59 Å². The minimum atomic E-state index is -1.47. The van der Waals surface area contributed by atoms with Crippen molar-refractivity contribution >= 4 is 40.8 Å². The third-order valence-electron chi connectivity index (χ3n) is 5.10. The first-order valence-corrected chi connectivity index (χ1v) is 9.56. The Labute approximate surface area is 177 Å². The molecule has 1 aliphatic rings. The Bertz CT molecular complexity index is 1130. The number of hydrogen-bond acceptors (Lipinski definition) is 3. The van der Waals surface area contributed by atoms with Crippen LogP contribution in [0, 0.1) is 0 Å². The summed E-state index contributed by atoms with van der Waals surface area (Å²) in [5.41, 5.74) is 7.89. The SMILES string of the molecule is NC1(c2ccccc2Cl)C(=O)N(Cc2ccc(C(=O)O)cc2)c2ccc(Cl)cc21. The van der Waals surface area contributed by atoms with E-state index in [1.165, 1.54) is 12.1 Å². The molecule has 0 aliphatic carbocycles. The number of anilines is 1. The zero-order valence-corrected chi connectivity index (χ0v) is 16.6. The van der Waals surface area contributed by atoms with Crippen LogP contribution in [0.2, 0.25) is 10.0 Å². The van der Waals surface area contributed by atoms with Crippen molar-refractivity contribution in [3.05, 3.63) is 99.0 Å². The number of amides is 1. The highest BCUT2D eigenvalue weighted by molar-refractivity contribution is 6.32. The molecular formula is C22H16Cl2N2O3. The summed E-state index contributed by atoms with van der Waals surface area (Å²) >= 11 is 12.6. The molecule has 0 radical (unpaired) electrons. The van der Waals surface area contributed by atoms with Gasteiger partial charge in [-0.05, 0) is 42.0 Å². The van der Waals surface area contributed by atoms with Gasteiger partial charge < -0.3 is 15.7 Å². The number of rotatable bonds is 4. The quantitative estimate of drug-likeness (QED) is 0.645. The van der Waals surface area contributed by atoms with E-state index >= 15 is 0 Å². The van der Waals surface area contributed by atoms with E-state index in [4.69, 9.17) is 34.0 Å². The Balaban J connectivity index is 1.80. The average molecular weight is 427 g/mol. The normalized spacial score (nSPS) is 18.0. The van der Waals surface area contributed by atoms with Gasteiger partial charge in [-0.1, -0.05) is 53.5 Å². The van der Waals surface area contributed by atoms with Gasteiger partial charge in [-0.15, -0.1) is 0 Å². The first-order valence-electron chi connectivity index (χ1n) is 8.80. The number of carboxylic acids is 1. The van der Waals surface area contributed by atoms with Gasteiger partial charge in [0.05, 0.1) is 17.8 Å². The summed E-state index contributed by atoms with van der Waals surface area (Å²) in [7, 11) is 0. The molecule has 0 saturated heterocycles. The van der Waals surface area contributed by atoms with E-state index in [2.05, 4.69) is 0 Å².